The average Bonchev–Trinajstić information content (AvgIpc) is 2.68. The van der Waals surface area contributed by atoms with E-state index in [4.69, 9.17) is 9.47 Å². The van der Waals surface area contributed by atoms with Crippen LogP contribution in [0.1, 0.15) is 17.5 Å². The van der Waals surface area contributed by atoms with Crippen LogP contribution in [0.5, 0.6) is 11.5 Å². The lowest BCUT2D eigenvalue weighted by molar-refractivity contribution is 0.224. The molecule has 4 N–H and O–H groups in total. The molecule has 2 rings (SSSR count). The molecule has 6 nitrogen and oxygen atoms in total. The molecule has 2 aromatic rings. The van der Waals surface area contributed by atoms with Gasteiger partial charge < -0.3 is 9.47 Å². The second kappa shape index (κ2) is 9.36. The molecule has 0 bridgehead atoms. The number of nitrogens with one attached hydrogen (secondary N) is 2. The molecule has 0 aliphatic rings. The standard InChI is InChI=1S/C19H22N2O4/c1-24-16-10-6-14(7-11-16)18(20-22)4-3-5-19(21-23)15-8-12-17(25-2)13-9-15/h4-13,20-23H,3H2,1-2H3/b18-4-,19-5?. The van der Waals surface area contributed by atoms with Crippen molar-refractivity contribution in [3.63, 3.8) is 0 Å². The summed E-state index contributed by atoms with van der Waals surface area (Å²) in [7, 11) is 3.20. The van der Waals surface area contributed by atoms with Crippen molar-refractivity contribution in [3.05, 3.63) is 71.8 Å². The van der Waals surface area contributed by atoms with E-state index in [1.165, 1.54) is 0 Å². The molecule has 6 heteroatoms. The van der Waals surface area contributed by atoms with Crippen LogP contribution in [0.3, 0.4) is 0 Å². The van der Waals surface area contributed by atoms with Gasteiger partial charge in [0.05, 0.1) is 25.6 Å². The van der Waals surface area contributed by atoms with Gasteiger partial charge in [0, 0.05) is 0 Å². The first kappa shape index (κ1) is 18.4. The Morgan fingerprint density at radius 1 is 0.760 bits per heavy atom. The average molecular weight is 342 g/mol. The van der Waals surface area contributed by atoms with Crippen LogP contribution in [0.2, 0.25) is 0 Å². The van der Waals surface area contributed by atoms with Crippen molar-refractivity contribution >= 4 is 11.4 Å². The largest absolute Gasteiger partial charge is 0.497 e. The predicted octanol–water partition coefficient (Wildman–Crippen LogP) is 3.43. The van der Waals surface area contributed by atoms with E-state index in [1.807, 2.05) is 60.7 Å². The Bertz CT molecular complexity index is 659. The molecule has 0 spiro atoms. The van der Waals surface area contributed by atoms with Crippen molar-refractivity contribution in [2.45, 2.75) is 6.42 Å². The van der Waals surface area contributed by atoms with Gasteiger partial charge in [-0.25, -0.2) is 0 Å². The van der Waals surface area contributed by atoms with Crippen LogP contribution in [0.25, 0.3) is 11.4 Å². The van der Waals surface area contributed by atoms with Gasteiger partial charge in [-0.3, -0.25) is 21.4 Å². The molecule has 0 heterocycles. The summed E-state index contributed by atoms with van der Waals surface area (Å²) in [6.45, 7) is 0. The van der Waals surface area contributed by atoms with Crippen LogP contribution in [0.15, 0.2) is 60.7 Å². The number of hydrogen-bond donors (Lipinski definition) is 4. The molecule has 132 valence electrons. The van der Waals surface area contributed by atoms with Crippen molar-refractivity contribution in [3.8, 4) is 11.5 Å². The van der Waals surface area contributed by atoms with E-state index in [0.717, 1.165) is 22.6 Å². The molecule has 0 aromatic heterocycles. The number of hydroxylamine groups is 2. The number of rotatable bonds is 8. The molecule has 0 atom stereocenters. The molecule has 2 aromatic carbocycles. The Kier molecular flexibility index (Phi) is 6.88. The maximum atomic E-state index is 9.35. The fraction of sp³-hybridized carbons (Fsp3) is 0.158. The van der Waals surface area contributed by atoms with Crippen molar-refractivity contribution in [1.29, 1.82) is 0 Å². The van der Waals surface area contributed by atoms with Gasteiger partial charge in [0.25, 0.3) is 0 Å². The molecule has 25 heavy (non-hydrogen) atoms. The summed E-state index contributed by atoms with van der Waals surface area (Å²) in [5, 5.41) is 18.7. The third-order valence-corrected chi connectivity index (χ3v) is 3.69. The quantitative estimate of drug-likeness (QED) is 0.550. The zero-order valence-electron chi connectivity index (χ0n) is 14.2. The number of hydrogen-bond acceptors (Lipinski definition) is 6. The second-order valence-electron chi connectivity index (χ2n) is 5.15. The zero-order chi connectivity index (χ0) is 18.1. The molecule has 0 fully saturated rings. The lowest BCUT2D eigenvalue weighted by Crippen LogP contribution is -2.07. The van der Waals surface area contributed by atoms with Crippen molar-refractivity contribution in [1.82, 2.24) is 11.0 Å². The molecule has 0 radical (unpaired) electrons. The van der Waals surface area contributed by atoms with E-state index in [-0.39, 0.29) is 0 Å². The Labute approximate surface area is 146 Å². The molecule has 0 aliphatic heterocycles. The number of allylic oxidation sites excluding steroid dienone is 2. The number of methoxy groups -OCH3 is 2. The minimum Gasteiger partial charge on any atom is -0.497 e. The lowest BCUT2D eigenvalue weighted by atomic mass is 10.1. The van der Waals surface area contributed by atoms with Gasteiger partial charge in [0.1, 0.15) is 11.5 Å². The van der Waals surface area contributed by atoms with E-state index in [0.29, 0.717) is 17.8 Å². The van der Waals surface area contributed by atoms with Crippen LogP contribution >= 0.6 is 0 Å². The third kappa shape index (κ3) is 5.00. The minimum absolute atomic E-state index is 0.490. The van der Waals surface area contributed by atoms with E-state index in [9.17, 15) is 10.4 Å². The first-order chi connectivity index (χ1) is 12.2. The molecule has 0 saturated carbocycles. The van der Waals surface area contributed by atoms with Crippen LogP contribution in [0, 0.1) is 0 Å². The highest BCUT2D eigenvalue weighted by Crippen LogP contribution is 2.19. The smallest absolute Gasteiger partial charge is 0.118 e. The first-order valence-electron chi connectivity index (χ1n) is 7.71. The van der Waals surface area contributed by atoms with E-state index < -0.39 is 0 Å². The second-order valence-corrected chi connectivity index (χ2v) is 5.15. The maximum absolute atomic E-state index is 9.35. The van der Waals surface area contributed by atoms with Gasteiger partial charge in [-0.2, -0.15) is 0 Å². The van der Waals surface area contributed by atoms with Crippen LogP contribution in [0.4, 0.5) is 0 Å². The van der Waals surface area contributed by atoms with Gasteiger partial charge in [-0.05, 0) is 66.1 Å². The molecule has 0 aliphatic carbocycles. The molecular weight excluding hydrogens is 320 g/mol. The topological polar surface area (TPSA) is 83.0 Å². The normalized spacial score (nSPS) is 11.8. The Morgan fingerprint density at radius 2 is 1.12 bits per heavy atom. The molecule has 0 amide bonds. The van der Waals surface area contributed by atoms with Gasteiger partial charge in [-0.1, -0.05) is 12.2 Å². The highest BCUT2D eigenvalue weighted by molar-refractivity contribution is 5.66. The Morgan fingerprint density at radius 3 is 1.40 bits per heavy atom. The third-order valence-electron chi connectivity index (χ3n) is 3.69. The minimum atomic E-state index is 0.490. The van der Waals surface area contributed by atoms with Crippen molar-refractivity contribution in [2.75, 3.05) is 14.2 Å². The number of benzene rings is 2. The molecule has 0 saturated heterocycles. The Balaban J connectivity index is 2.13. The number of ether oxygens (including phenoxy) is 2. The highest BCUT2D eigenvalue weighted by Gasteiger charge is 2.02. The zero-order valence-corrected chi connectivity index (χ0v) is 14.2. The van der Waals surface area contributed by atoms with E-state index in [2.05, 4.69) is 11.0 Å². The molecular formula is C19H22N2O4. The van der Waals surface area contributed by atoms with Crippen LogP contribution in [-0.4, -0.2) is 24.6 Å². The van der Waals surface area contributed by atoms with E-state index >= 15 is 0 Å². The van der Waals surface area contributed by atoms with Crippen LogP contribution in [-0.2, 0) is 0 Å². The van der Waals surface area contributed by atoms with Crippen molar-refractivity contribution in [2.24, 2.45) is 0 Å². The van der Waals surface area contributed by atoms with Gasteiger partial charge >= 0.3 is 0 Å². The van der Waals surface area contributed by atoms with Gasteiger partial charge in [-0.15, -0.1) is 0 Å². The Hall–Kier alpha value is -2.96. The van der Waals surface area contributed by atoms with E-state index in [1.54, 1.807) is 14.2 Å². The monoisotopic (exact) mass is 342 g/mol. The van der Waals surface area contributed by atoms with Crippen molar-refractivity contribution < 1.29 is 19.9 Å². The fourth-order valence-corrected chi connectivity index (χ4v) is 2.29. The summed E-state index contributed by atoms with van der Waals surface area (Å²) in [6, 6.07) is 14.6. The van der Waals surface area contributed by atoms with Crippen LogP contribution < -0.4 is 20.4 Å². The summed E-state index contributed by atoms with van der Waals surface area (Å²) >= 11 is 0. The summed E-state index contributed by atoms with van der Waals surface area (Å²) in [4.78, 5) is 0. The maximum Gasteiger partial charge on any atom is 0.118 e. The first-order valence-corrected chi connectivity index (χ1v) is 7.71. The highest BCUT2D eigenvalue weighted by atomic mass is 16.5. The summed E-state index contributed by atoms with van der Waals surface area (Å²) in [6.07, 6.45) is 4.11. The molecule has 0 unspecified atom stereocenters. The lowest BCUT2D eigenvalue weighted by Gasteiger charge is -2.08. The predicted molar refractivity (Wildman–Crippen MR) is 96.4 cm³/mol. The van der Waals surface area contributed by atoms with Gasteiger partial charge in [0.15, 0.2) is 0 Å². The summed E-state index contributed by atoms with van der Waals surface area (Å²) in [5.41, 5.74) is 7.15. The fourth-order valence-electron chi connectivity index (χ4n) is 2.29. The van der Waals surface area contributed by atoms with Gasteiger partial charge in [0.2, 0.25) is 0 Å². The summed E-state index contributed by atoms with van der Waals surface area (Å²) in [5.74, 6) is 1.49. The summed E-state index contributed by atoms with van der Waals surface area (Å²) < 4.78 is 10.2. The SMILES string of the molecule is COc1ccc(C(=CC/C=C(\NO)c2ccc(OC)cc2)NO)cc1.